The van der Waals surface area contributed by atoms with Crippen LogP contribution in [0.4, 0.5) is 4.39 Å². The van der Waals surface area contributed by atoms with Crippen molar-refractivity contribution < 1.29 is 23.0 Å². The molecule has 0 saturated heterocycles. The van der Waals surface area contributed by atoms with Crippen LogP contribution < -0.4 is 0 Å². The summed E-state index contributed by atoms with van der Waals surface area (Å²) >= 11 is 0. The van der Waals surface area contributed by atoms with E-state index >= 15 is 0 Å². The number of benzene rings is 1. The molecule has 0 aromatic heterocycles. The largest absolute Gasteiger partial charge is 0.395 e. The third kappa shape index (κ3) is 4.79. The van der Waals surface area contributed by atoms with Gasteiger partial charge in [-0.25, -0.2) is 12.8 Å². The van der Waals surface area contributed by atoms with Crippen LogP contribution in [-0.2, 0) is 10.0 Å². The Hall–Kier alpha value is -1.46. The molecule has 0 aliphatic heterocycles. The first-order valence-corrected chi connectivity index (χ1v) is 7.76. The van der Waals surface area contributed by atoms with Crippen LogP contribution in [0.2, 0.25) is 0 Å². The summed E-state index contributed by atoms with van der Waals surface area (Å²) in [6.45, 7) is 1.23. The standard InChI is InChI=1S/C14H18FNO4S/c1-11(18)10-16(2)21(19,20)14-7-6-12(9-13(14)15)5-3-4-8-17/h6-7,9,11,17-18H,4,8,10H2,1-2H3. The third-order valence-corrected chi connectivity index (χ3v) is 4.47. The molecule has 0 bridgehead atoms. The molecule has 1 aromatic rings. The Morgan fingerprint density at radius 1 is 1.43 bits per heavy atom. The second-order valence-electron chi connectivity index (χ2n) is 4.56. The van der Waals surface area contributed by atoms with Crippen molar-refractivity contribution in [3.63, 3.8) is 0 Å². The van der Waals surface area contributed by atoms with E-state index < -0.39 is 26.8 Å². The molecule has 116 valence electrons. The molecule has 1 rings (SSSR count). The molecular weight excluding hydrogens is 297 g/mol. The first-order chi connectivity index (χ1) is 9.78. The summed E-state index contributed by atoms with van der Waals surface area (Å²) in [7, 11) is -2.72. The maximum absolute atomic E-state index is 14.0. The summed E-state index contributed by atoms with van der Waals surface area (Å²) in [5.74, 6) is 4.35. The number of aliphatic hydroxyl groups excluding tert-OH is 2. The Kier molecular flexibility index (Phi) is 6.30. The minimum Gasteiger partial charge on any atom is -0.395 e. The van der Waals surface area contributed by atoms with E-state index in [1.807, 2.05) is 0 Å². The highest BCUT2D eigenvalue weighted by molar-refractivity contribution is 7.89. The first kappa shape index (κ1) is 17.6. The van der Waals surface area contributed by atoms with E-state index in [0.717, 1.165) is 16.4 Å². The lowest BCUT2D eigenvalue weighted by atomic mass is 10.2. The molecule has 0 saturated carbocycles. The quantitative estimate of drug-likeness (QED) is 0.779. The molecule has 5 nitrogen and oxygen atoms in total. The van der Waals surface area contributed by atoms with Crippen molar-refractivity contribution in [2.75, 3.05) is 20.2 Å². The van der Waals surface area contributed by atoms with Crippen molar-refractivity contribution in [3.05, 3.63) is 29.6 Å². The number of hydrogen-bond donors (Lipinski definition) is 2. The average Bonchev–Trinajstić information content (AvgIpc) is 2.38. The van der Waals surface area contributed by atoms with Gasteiger partial charge in [0.15, 0.2) is 0 Å². The Bertz CT molecular complexity index is 647. The van der Waals surface area contributed by atoms with Crippen molar-refractivity contribution >= 4 is 10.0 Å². The van der Waals surface area contributed by atoms with Gasteiger partial charge in [0.25, 0.3) is 0 Å². The molecule has 1 aromatic carbocycles. The van der Waals surface area contributed by atoms with E-state index in [9.17, 15) is 17.9 Å². The van der Waals surface area contributed by atoms with E-state index in [0.29, 0.717) is 5.56 Å². The monoisotopic (exact) mass is 315 g/mol. The molecule has 2 N–H and O–H groups in total. The molecule has 0 spiro atoms. The van der Waals surface area contributed by atoms with Crippen molar-refractivity contribution in [1.82, 2.24) is 4.31 Å². The number of sulfonamides is 1. The lowest BCUT2D eigenvalue weighted by molar-refractivity contribution is 0.171. The van der Waals surface area contributed by atoms with Crippen LogP contribution in [0.5, 0.6) is 0 Å². The predicted molar refractivity (Wildman–Crippen MR) is 76.5 cm³/mol. The number of likely N-dealkylation sites (N-methyl/N-ethyl adjacent to an activating group) is 1. The molecule has 7 heteroatoms. The minimum absolute atomic E-state index is 0.0912. The van der Waals surface area contributed by atoms with E-state index in [-0.39, 0.29) is 19.6 Å². The Balaban J connectivity index is 3.07. The molecule has 1 atom stereocenters. The second kappa shape index (κ2) is 7.52. The molecule has 0 heterocycles. The molecular formula is C14H18FNO4S. The van der Waals surface area contributed by atoms with E-state index in [4.69, 9.17) is 5.11 Å². The summed E-state index contributed by atoms with van der Waals surface area (Å²) < 4.78 is 39.2. The maximum Gasteiger partial charge on any atom is 0.245 e. The van der Waals surface area contributed by atoms with Crippen LogP contribution >= 0.6 is 0 Å². The zero-order valence-electron chi connectivity index (χ0n) is 11.9. The van der Waals surface area contributed by atoms with Crippen LogP contribution in [0.1, 0.15) is 18.9 Å². The average molecular weight is 315 g/mol. The summed E-state index contributed by atoms with van der Waals surface area (Å²) in [5.41, 5.74) is 0.332. The van der Waals surface area contributed by atoms with Crippen molar-refractivity contribution in [2.45, 2.75) is 24.3 Å². The van der Waals surface area contributed by atoms with Crippen molar-refractivity contribution in [3.8, 4) is 11.8 Å². The van der Waals surface area contributed by atoms with Gasteiger partial charge in [0, 0.05) is 25.6 Å². The van der Waals surface area contributed by atoms with Gasteiger partial charge in [0.1, 0.15) is 10.7 Å². The molecule has 0 aliphatic carbocycles. The van der Waals surface area contributed by atoms with Gasteiger partial charge in [0.05, 0.1) is 12.7 Å². The van der Waals surface area contributed by atoms with Crippen LogP contribution in [0.3, 0.4) is 0 Å². The van der Waals surface area contributed by atoms with Crippen molar-refractivity contribution in [2.24, 2.45) is 0 Å². The van der Waals surface area contributed by atoms with E-state index in [1.165, 1.54) is 20.0 Å². The Morgan fingerprint density at radius 3 is 2.62 bits per heavy atom. The van der Waals surface area contributed by atoms with Gasteiger partial charge in [0.2, 0.25) is 10.0 Å². The molecule has 1 unspecified atom stereocenters. The van der Waals surface area contributed by atoms with Gasteiger partial charge in [-0.15, -0.1) is 0 Å². The Labute approximate surface area is 124 Å². The van der Waals surface area contributed by atoms with E-state index in [1.54, 1.807) is 0 Å². The smallest absolute Gasteiger partial charge is 0.245 e. The number of hydrogen-bond acceptors (Lipinski definition) is 4. The number of nitrogens with zero attached hydrogens (tertiary/aromatic N) is 1. The molecule has 21 heavy (non-hydrogen) atoms. The summed E-state index contributed by atoms with van der Waals surface area (Å²) in [6.07, 6.45) is -0.588. The van der Waals surface area contributed by atoms with Gasteiger partial charge in [-0.05, 0) is 25.1 Å². The normalized spacial score (nSPS) is 12.9. The number of halogens is 1. The van der Waals surface area contributed by atoms with Crippen LogP contribution in [0.25, 0.3) is 0 Å². The lowest BCUT2D eigenvalue weighted by Crippen LogP contribution is -2.33. The molecule has 0 amide bonds. The highest BCUT2D eigenvalue weighted by Crippen LogP contribution is 2.19. The van der Waals surface area contributed by atoms with Gasteiger partial charge < -0.3 is 10.2 Å². The SMILES string of the molecule is CC(O)CN(C)S(=O)(=O)c1ccc(C#CCCO)cc1F. The topological polar surface area (TPSA) is 77.8 Å². The maximum atomic E-state index is 14.0. The van der Waals surface area contributed by atoms with Gasteiger partial charge >= 0.3 is 0 Å². The fourth-order valence-corrected chi connectivity index (χ4v) is 2.94. The summed E-state index contributed by atoms with van der Waals surface area (Å²) in [5, 5.41) is 17.8. The molecule has 0 aliphatic rings. The van der Waals surface area contributed by atoms with Crippen LogP contribution in [-0.4, -0.2) is 49.2 Å². The zero-order valence-corrected chi connectivity index (χ0v) is 12.7. The van der Waals surface area contributed by atoms with Crippen molar-refractivity contribution in [1.29, 1.82) is 0 Å². The Morgan fingerprint density at radius 2 is 2.10 bits per heavy atom. The number of aliphatic hydroxyl groups is 2. The highest BCUT2D eigenvalue weighted by atomic mass is 32.2. The van der Waals surface area contributed by atoms with Crippen LogP contribution in [0.15, 0.2) is 23.1 Å². The number of rotatable bonds is 5. The molecule has 0 fully saturated rings. The summed E-state index contributed by atoms with van der Waals surface area (Å²) in [6, 6.07) is 3.58. The first-order valence-electron chi connectivity index (χ1n) is 6.32. The minimum atomic E-state index is -4.00. The fraction of sp³-hybridized carbons (Fsp3) is 0.429. The van der Waals surface area contributed by atoms with E-state index in [2.05, 4.69) is 11.8 Å². The van der Waals surface area contributed by atoms with Gasteiger partial charge in [-0.1, -0.05) is 11.8 Å². The van der Waals surface area contributed by atoms with Crippen LogP contribution in [0, 0.1) is 17.7 Å². The molecule has 0 radical (unpaired) electrons. The summed E-state index contributed by atoms with van der Waals surface area (Å²) in [4.78, 5) is -0.460. The zero-order chi connectivity index (χ0) is 16.0. The van der Waals surface area contributed by atoms with Gasteiger partial charge in [-0.2, -0.15) is 4.31 Å². The lowest BCUT2D eigenvalue weighted by Gasteiger charge is -2.19. The fourth-order valence-electron chi connectivity index (χ4n) is 1.65. The highest BCUT2D eigenvalue weighted by Gasteiger charge is 2.25. The van der Waals surface area contributed by atoms with Gasteiger partial charge in [-0.3, -0.25) is 0 Å². The predicted octanol–water partition coefficient (Wildman–Crippen LogP) is 0.561. The third-order valence-electron chi connectivity index (χ3n) is 2.61. The second-order valence-corrected chi connectivity index (χ2v) is 6.57.